The van der Waals surface area contributed by atoms with E-state index in [4.69, 9.17) is 4.74 Å². The van der Waals surface area contributed by atoms with Crippen LogP contribution in [0.4, 0.5) is 5.13 Å². The van der Waals surface area contributed by atoms with Gasteiger partial charge in [0.05, 0.1) is 6.54 Å². The summed E-state index contributed by atoms with van der Waals surface area (Å²) in [5.41, 5.74) is -0.0113. The first-order valence-corrected chi connectivity index (χ1v) is 7.52. The van der Waals surface area contributed by atoms with Gasteiger partial charge in [-0.2, -0.15) is 4.37 Å². The molecule has 0 fully saturated rings. The van der Waals surface area contributed by atoms with Crippen molar-refractivity contribution in [3.8, 4) is 5.75 Å². The number of anilines is 1. The van der Waals surface area contributed by atoms with Crippen molar-refractivity contribution in [1.29, 1.82) is 0 Å². The van der Waals surface area contributed by atoms with Crippen molar-refractivity contribution in [2.24, 2.45) is 0 Å². The summed E-state index contributed by atoms with van der Waals surface area (Å²) in [5, 5.41) is 4.12. The van der Waals surface area contributed by atoms with Crippen molar-refractivity contribution < 1.29 is 4.74 Å². The lowest BCUT2D eigenvalue weighted by Crippen LogP contribution is -2.22. The number of hydrogen-bond acceptors (Lipinski definition) is 5. The van der Waals surface area contributed by atoms with Crippen LogP contribution in [0.1, 0.15) is 33.5 Å². The molecule has 1 aromatic heterocycles. The average Bonchev–Trinajstić information content (AvgIpc) is 2.86. The highest BCUT2D eigenvalue weighted by Gasteiger charge is 2.19. The zero-order chi connectivity index (χ0) is 14.6. The molecule has 1 atom stereocenters. The predicted octanol–water partition coefficient (Wildman–Crippen LogP) is 3.72. The van der Waals surface area contributed by atoms with Crippen molar-refractivity contribution >= 4 is 16.7 Å². The van der Waals surface area contributed by atoms with Gasteiger partial charge in [-0.3, -0.25) is 0 Å². The number of para-hydroxylation sites is 1. The molecule has 5 heteroatoms. The van der Waals surface area contributed by atoms with E-state index in [2.05, 4.69) is 35.4 Å². The molecule has 0 spiro atoms. The fourth-order valence-corrected chi connectivity index (χ4v) is 2.37. The van der Waals surface area contributed by atoms with Crippen molar-refractivity contribution in [2.75, 3.05) is 11.9 Å². The van der Waals surface area contributed by atoms with Crippen LogP contribution >= 0.6 is 11.5 Å². The second-order valence-electron chi connectivity index (χ2n) is 5.80. The molecule has 0 saturated heterocycles. The third-order valence-corrected chi connectivity index (χ3v) is 3.39. The molecule has 2 rings (SSSR count). The van der Waals surface area contributed by atoms with Gasteiger partial charge in [-0.25, -0.2) is 4.98 Å². The molecule has 1 unspecified atom stereocenters. The third kappa shape index (κ3) is 4.20. The molecule has 4 nitrogen and oxygen atoms in total. The first-order valence-electron chi connectivity index (χ1n) is 6.75. The average molecular weight is 291 g/mol. The van der Waals surface area contributed by atoms with Crippen molar-refractivity contribution in [1.82, 2.24) is 9.36 Å². The summed E-state index contributed by atoms with van der Waals surface area (Å²) >= 11 is 1.40. The molecular weight excluding hydrogens is 270 g/mol. The van der Waals surface area contributed by atoms with E-state index in [0.717, 1.165) is 16.7 Å². The first kappa shape index (κ1) is 14.8. The Morgan fingerprint density at radius 3 is 2.55 bits per heavy atom. The van der Waals surface area contributed by atoms with Crippen LogP contribution in [0.5, 0.6) is 5.75 Å². The van der Waals surface area contributed by atoms with Crippen molar-refractivity contribution in [3.63, 3.8) is 0 Å². The minimum Gasteiger partial charge on any atom is -0.489 e. The molecule has 0 aliphatic heterocycles. The van der Waals surface area contributed by atoms with Gasteiger partial charge in [-0.05, 0) is 19.1 Å². The number of ether oxygens (including phenoxy) is 1. The van der Waals surface area contributed by atoms with Crippen LogP contribution in [0.25, 0.3) is 0 Å². The van der Waals surface area contributed by atoms with Crippen LogP contribution in [0.2, 0.25) is 0 Å². The summed E-state index contributed by atoms with van der Waals surface area (Å²) in [7, 11) is 0. The summed E-state index contributed by atoms with van der Waals surface area (Å²) in [5.74, 6) is 1.76. The SMILES string of the molecule is CC(CNc1nc(C(C)(C)C)ns1)Oc1ccccc1. The summed E-state index contributed by atoms with van der Waals surface area (Å²) in [4.78, 5) is 4.50. The molecule has 0 saturated carbocycles. The molecule has 108 valence electrons. The zero-order valence-corrected chi connectivity index (χ0v) is 13.2. The highest BCUT2D eigenvalue weighted by atomic mass is 32.1. The van der Waals surface area contributed by atoms with E-state index in [1.165, 1.54) is 11.5 Å². The Morgan fingerprint density at radius 1 is 1.25 bits per heavy atom. The normalized spacial score (nSPS) is 13.0. The quantitative estimate of drug-likeness (QED) is 0.912. The number of benzene rings is 1. The molecule has 0 radical (unpaired) electrons. The van der Waals surface area contributed by atoms with Gasteiger partial charge in [0.25, 0.3) is 0 Å². The molecule has 0 aliphatic rings. The van der Waals surface area contributed by atoms with E-state index >= 15 is 0 Å². The van der Waals surface area contributed by atoms with Gasteiger partial charge in [0.1, 0.15) is 17.7 Å². The number of hydrogen-bond donors (Lipinski definition) is 1. The molecule has 1 N–H and O–H groups in total. The molecule has 1 heterocycles. The maximum Gasteiger partial charge on any atom is 0.202 e. The lowest BCUT2D eigenvalue weighted by Gasteiger charge is -2.15. The van der Waals surface area contributed by atoms with E-state index in [9.17, 15) is 0 Å². The minimum atomic E-state index is -0.0113. The van der Waals surface area contributed by atoms with Crippen LogP contribution in [0, 0.1) is 0 Å². The Bertz CT molecular complexity index is 534. The van der Waals surface area contributed by atoms with E-state index in [1.54, 1.807) is 0 Å². The molecular formula is C15H21N3OS. The van der Waals surface area contributed by atoms with Crippen LogP contribution in [-0.2, 0) is 5.41 Å². The zero-order valence-electron chi connectivity index (χ0n) is 12.4. The molecule has 20 heavy (non-hydrogen) atoms. The summed E-state index contributed by atoms with van der Waals surface area (Å²) < 4.78 is 10.2. The number of nitrogens with one attached hydrogen (secondary N) is 1. The number of rotatable bonds is 5. The summed E-state index contributed by atoms with van der Waals surface area (Å²) in [6.07, 6.45) is 0.0689. The van der Waals surface area contributed by atoms with Crippen LogP contribution in [-0.4, -0.2) is 22.0 Å². The standard InChI is InChI=1S/C15H21N3OS/c1-11(19-12-8-6-5-7-9-12)10-16-14-17-13(18-20-14)15(2,3)4/h5-9,11H,10H2,1-4H3,(H,16,17,18). The van der Waals surface area contributed by atoms with Crippen molar-refractivity contribution in [2.45, 2.75) is 39.2 Å². The lowest BCUT2D eigenvalue weighted by molar-refractivity contribution is 0.235. The van der Waals surface area contributed by atoms with E-state index < -0.39 is 0 Å². The second-order valence-corrected chi connectivity index (χ2v) is 6.55. The Hall–Kier alpha value is -1.62. The Kier molecular flexibility index (Phi) is 4.60. The van der Waals surface area contributed by atoms with Crippen LogP contribution in [0.3, 0.4) is 0 Å². The maximum atomic E-state index is 5.80. The van der Waals surface area contributed by atoms with Gasteiger partial charge in [0, 0.05) is 16.9 Å². The fourth-order valence-electron chi connectivity index (χ4n) is 1.60. The molecule has 0 bridgehead atoms. The van der Waals surface area contributed by atoms with Gasteiger partial charge in [0.15, 0.2) is 0 Å². The van der Waals surface area contributed by atoms with Gasteiger partial charge in [-0.1, -0.05) is 39.0 Å². The van der Waals surface area contributed by atoms with Gasteiger partial charge in [-0.15, -0.1) is 0 Å². The number of aromatic nitrogens is 2. The van der Waals surface area contributed by atoms with E-state index in [1.807, 2.05) is 37.3 Å². The van der Waals surface area contributed by atoms with E-state index in [-0.39, 0.29) is 11.5 Å². The monoisotopic (exact) mass is 291 g/mol. The Balaban J connectivity index is 1.84. The van der Waals surface area contributed by atoms with Crippen LogP contribution < -0.4 is 10.1 Å². The smallest absolute Gasteiger partial charge is 0.202 e. The van der Waals surface area contributed by atoms with Crippen molar-refractivity contribution in [3.05, 3.63) is 36.2 Å². The molecule has 2 aromatic rings. The molecule has 0 aliphatic carbocycles. The predicted molar refractivity (Wildman–Crippen MR) is 83.6 cm³/mol. The third-order valence-electron chi connectivity index (χ3n) is 2.72. The number of nitrogens with zero attached hydrogens (tertiary/aromatic N) is 2. The highest BCUT2D eigenvalue weighted by molar-refractivity contribution is 7.09. The van der Waals surface area contributed by atoms with Crippen LogP contribution in [0.15, 0.2) is 30.3 Å². The summed E-state index contributed by atoms with van der Waals surface area (Å²) in [6.45, 7) is 9.07. The Morgan fingerprint density at radius 2 is 1.95 bits per heavy atom. The Labute approximate surface area is 124 Å². The van der Waals surface area contributed by atoms with Gasteiger partial charge >= 0.3 is 0 Å². The fraction of sp³-hybridized carbons (Fsp3) is 0.467. The second kappa shape index (κ2) is 6.22. The largest absolute Gasteiger partial charge is 0.489 e. The van der Waals surface area contributed by atoms with Gasteiger partial charge in [0.2, 0.25) is 5.13 Å². The molecule has 1 aromatic carbocycles. The topological polar surface area (TPSA) is 47.0 Å². The minimum absolute atomic E-state index is 0.0113. The lowest BCUT2D eigenvalue weighted by atomic mass is 9.96. The highest BCUT2D eigenvalue weighted by Crippen LogP contribution is 2.23. The summed E-state index contributed by atoms with van der Waals surface area (Å²) in [6, 6.07) is 9.83. The maximum absolute atomic E-state index is 5.80. The first-order chi connectivity index (χ1) is 9.45. The molecule has 0 amide bonds. The van der Waals surface area contributed by atoms with E-state index in [0.29, 0.717) is 6.54 Å². The van der Waals surface area contributed by atoms with Gasteiger partial charge < -0.3 is 10.1 Å².